The van der Waals surface area contributed by atoms with Crippen molar-refractivity contribution in [2.75, 3.05) is 39.8 Å². The number of hydrogen-bond donors (Lipinski definition) is 3. The number of nitrogens with zero attached hydrogens (tertiary/aromatic N) is 4. The summed E-state index contributed by atoms with van der Waals surface area (Å²) in [6, 6.07) is 1.94. The molecular formula is C18H33N7O. The maximum absolute atomic E-state index is 11.2. The van der Waals surface area contributed by atoms with E-state index in [1.54, 1.807) is 13.2 Å². The second-order valence-corrected chi connectivity index (χ2v) is 6.77. The number of aromatic nitrogens is 2. The fourth-order valence-electron chi connectivity index (χ4n) is 3.21. The van der Waals surface area contributed by atoms with E-state index in [9.17, 15) is 4.79 Å². The number of likely N-dealkylation sites (tertiary alicyclic amines) is 1. The highest BCUT2D eigenvalue weighted by atomic mass is 16.1. The number of rotatable bonds is 10. The predicted octanol–water partition coefficient (Wildman–Crippen LogP) is 0.416. The molecule has 8 heteroatoms. The Kier molecular flexibility index (Phi) is 8.95. The number of aryl methyl sites for hydroxylation is 1. The Labute approximate surface area is 156 Å². The lowest BCUT2D eigenvalue weighted by Gasteiger charge is -2.30. The molecular weight excluding hydrogens is 330 g/mol. The van der Waals surface area contributed by atoms with Crippen LogP contribution in [-0.4, -0.2) is 66.3 Å². The minimum absolute atomic E-state index is 0.0793. The maximum atomic E-state index is 11.2. The van der Waals surface area contributed by atoms with Gasteiger partial charge in [-0.3, -0.25) is 14.5 Å². The third kappa shape index (κ3) is 7.43. The van der Waals surface area contributed by atoms with Gasteiger partial charge in [0.1, 0.15) is 0 Å². The van der Waals surface area contributed by atoms with Gasteiger partial charge >= 0.3 is 0 Å². The summed E-state index contributed by atoms with van der Waals surface area (Å²) < 4.78 is 1.93. The quantitative estimate of drug-likeness (QED) is 0.318. The molecule has 1 aromatic rings. The molecule has 4 N–H and O–H groups in total. The van der Waals surface area contributed by atoms with Crippen LogP contribution in [0.25, 0.3) is 0 Å². The van der Waals surface area contributed by atoms with E-state index >= 15 is 0 Å². The summed E-state index contributed by atoms with van der Waals surface area (Å²) in [4.78, 5) is 17.9. The molecule has 8 nitrogen and oxygen atoms in total. The van der Waals surface area contributed by atoms with Crippen LogP contribution in [0.5, 0.6) is 0 Å². The molecule has 0 radical (unpaired) electrons. The predicted molar refractivity (Wildman–Crippen MR) is 104 cm³/mol. The van der Waals surface area contributed by atoms with Crippen LogP contribution in [0.1, 0.15) is 32.1 Å². The lowest BCUT2D eigenvalue weighted by molar-refractivity contribution is -0.123. The van der Waals surface area contributed by atoms with Gasteiger partial charge in [-0.2, -0.15) is 5.10 Å². The van der Waals surface area contributed by atoms with E-state index in [0.29, 0.717) is 0 Å². The Hall–Kier alpha value is -2.09. The molecule has 1 aromatic heterocycles. The molecule has 26 heavy (non-hydrogen) atoms. The summed E-state index contributed by atoms with van der Waals surface area (Å²) in [5.41, 5.74) is 5.37. The second-order valence-electron chi connectivity index (χ2n) is 6.77. The molecule has 0 unspecified atom stereocenters. The molecule has 1 fully saturated rings. The molecule has 1 aliphatic heterocycles. The number of aliphatic imine (C=N–C) groups is 1. The number of hydrogen-bond acceptors (Lipinski definition) is 4. The SMILES string of the molecule is CN=C(NCCCCN1CCC(C(N)=O)CC1)NCCCn1cccn1. The van der Waals surface area contributed by atoms with E-state index in [1.165, 1.54) is 0 Å². The van der Waals surface area contributed by atoms with Crippen LogP contribution >= 0.6 is 0 Å². The van der Waals surface area contributed by atoms with Gasteiger partial charge in [-0.05, 0) is 57.8 Å². The van der Waals surface area contributed by atoms with E-state index in [-0.39, 0.29) is 11.8 Å². The van der Waals surface area contributed by atoms with Gasteiger partial charge in [0.05, 0.1) is 0 Å². The van der Waals surface area contributed by atoms with Crippen molar-refractivity contribution in [1.82, 2.24) is 25.3 Å². The zero-order chi connectivity index (χ0) is 18.6. The van der Waals surface area contributed by atoms with Crippen LogP contribution < -0.4 is 16.4 Å². The Bertz CT molecular complexity index is 536. The molecule has 0 atom stereocenters. The van der Waals surface area contributed by atoms with Crippen molar-refractivity contribution < 1.29 is 4.79 Å². The summed E-state index contributed by atoms with van der Waals surface area (Å²) >= 11 is 0. The molecule has 0 spiro atoms. The van der Waals surface area contributed by atoms with Crippen molar-refractivity contribution in [3.05, 3.63) is 18.5 Å². The average molecular weight is 364 g/mol. The second kappa shape index (κ2) is 11.5. The highest BCUT2D eigenvalue weighted by molar-refractivity contribution is 5.79. The summed E-state index contributed by atoms with van der Waals surface area (Å²) in [5, 5.41) is 10.9. The van der Waals surface area contributed by atoms with Gasteiger partial charge in [-0.1, -0.05) is 0 Å². The number of nitrogens with two attached hydrogens (primary N) is 1. The third-order valence-corrected chi connectivity index (χ3v) is 4.82. The fourth-order valence-corrected chi connectivity index (χ4v) is 3.21. The largest absolute Gasteiger partial charge is 0.369 e. The normalized spacial score (nSPS) is 16.6. The molecule has 1 aliphatic rings. The van der Waals surface area contributed by atoms with Gasteiger partial charge < -0.3 is 21.3 Å². The topological polar surface area (TPSA) is 101 Å². The van der Waals surface area contributed by atoms with E-state index in [0.717, 1.165) is 77.3 Å². The van der Waals surface area contributed by atoms with Gasteiger partial charge in [-0.25, -0.2) is 0 Å². The maximum Gasteiger partial charge on any atom is 0.220 e. The minimum atomic E-state index is -0.141. The van der Waals surface area contributed by atoms with Crippen LogP contribution in [0.4, 0.5) is 0 Å². The Morgan fingerprint density at radius 2 is 1.92 bits per heavy atom. The van der Waals surface area contributed by atoms with Gasteiger partial charge in [0, 0.05) is 45.0 Å². The summed E-state index contributed by atoms with van der Waals surface area (Å²) in [6.07, 6.45) is 8.83. The molecule has 2 heterocycles. The molecule has 0 aromatic carbocycles. The van der Waals surface area contributed by atoms with Crippen molar-refractivity contribution in [2.24, 2.45) is 16.6 Å². The number of guanidine groups is 1. The van der Waals surface area contributed by atoms with E-state index in [2.05, 4.69) is 25.6 Å². The van der Waals surface area contributed by atoms with Crippen LogP contribution in [-0.2, 0) is 11.3 Å². The number of carbonyl (C=O) groups excluding carboxylic acids is 1. The first kappa shape index (κ1) is 20.2. The number of primary amides is 1. The van der Waals surface area contributed by atoms with Crippen LogP contribution in [0, 0.1) is 5.92 Å². The van der Waals surface area contributed by atoms with Crippen molar-refractivity contribution in [3.63, 3.8) is 0 Å². The van der Waals surface area contributed by atoms with Crippen LogP contribution in [0.15, 0.2) is 23.5 Å². The zero-order valence-corrected chi connectivity index (χ0v) is 15.9. The molecule has 146 valence electrons. The summed E-state index contributed by atoms with van der Waals surface area (Å²) in [5.74, 6) is 0.792. The van der Waals surface area contributed by atoms with E-state index in [4.69, 9.17) is 5.73 Å². The first-order chi connectivity index (χ1) is 12.7. The first-order valence-corrected chi connectivity index (χ1v) is 9.62. The van der Waals surface area contributed by atoms with Crippen LogP contribution in [0.3, 0.4) is 0 Å². The number of unbranched alkanes of at least 4 members (excludes halogenated alkanes) is 1. The molecule has 0 saturated carbocycles. The fraction of sp³-hybridized carbons (Fsp3) is 0.722. The third-order valence-electron chi connectivity index (χ3n) is 4.82. The monoisotopic (exact) mass is 363 g/mol. The standard InChI is InChI=1S/C18H33N7O/c1-20-18(22-9-4-12-25-13-5-10-23-25)21-8-2-3-11-24-14-6-16(7-15-24)17(19)26/h5,10,13,16H,2-4,6-9,11-12,14-15H2,1H3,(H2,19,26)(H2,20,21,22). The Morgan fingerprint density at radius 1 is 1.19 bits per heavy atom. The van der Waals surface area contributed by atoms with Crippen molar-refractivity contribution in [2.45, 2.75) is 38.6 Å². The summed E-state index contributed by atoms with van der Waals surface area (Å²) in [6.45, 7) is 5.75. The Balaban J connectivity index is 1.47. The molecule has 0 bridgehead atoms. The molecule has 0 aliphatic carbocycles. The molecule has 1 amide bonds. The summed E-state index contributed by atoms with van der Waals surface area (Å²) in [7, 11) is 1.80. The molecule has 2 rings (SSSR count). The number of piperidine rings is 1. The highest BCUT2D eigenvalue weighted by Crippen LogP contribution is 2.16. The van der Waals surface area contributed by atoms with Crippen molar-refractivity contribution in [1.29, 1.82) is 0 Å². The van der Waals surface area contributed by atoms with Gasteiger partial charge in [-0.15, -0.1) is 0 Å². The minimum Gasteiger partial charge on any atom is -0.369 e. The van der Waals surface area contributed by atoms with Gasteiger partial charge in [0.25, 0.3) is 0 Å². The smallest absolute Gasteiger partial charge is 0.220 e. The van der Waals surface area contributed by atoms with Crippen molar-refractivity contribution in [3.8, 4) is 0 Å². The Morgan fingerprint density at radius 3 is 2.54 bits per heavy atom. The zero-order valence-electron chi connectivity index (χ0n) is 15.9. The molecule has 1 saturated heterocycles. The van der Waals surface area contributed by atoms with Crippen LogP contribution in [0.2, 0.25) is 0 Å². The first-order valence-electron chi connectivity index (χ1n) is 9.62. The lowest BCUT2D eigenvalue weighted by Crippen LogP contribution is -2.40. The van der Waals surface area contributed by atoms with E-state index < -0.39 is 0 Å². The lowest BCUT2D eigenvalue weighted by atomic mass is 9.96. The van der Waals surface area contributed by atoms with Crippen molar-refractivity contribution >= 4 is 11.9 Å². The van der Waals surface area contributed by atoms with Gasteiger partial charge in [0.15, 0.2) is 5.96 Å². The van der Waals surface area contributed by atoms with Gasteiger partial charge in [0.2, 0.25) is 5.91 Å². The highest BCUT2D eigenvalue weighted by Gasteiger charge is 2.22. The number of nitrogens with one attached hydrogen (secondary N) is 2. The average Bonchev–Trinajstić information content (AvgIpc) is 3.17. The number of amides is 1. The van der Waals surface area contributed by atoms with E-state index in [1.807, 2.05) is 16.9 Å². The number of carbonyl (C=O) groups is 1.